The minimum absolute atomic E-state index is 0.221. The predicted octanol–water partition coefficient (Wildman–Crippen LogP) is 3.10. The van der Waals surface area contributed by atoms with Crippen LogP contribution in [0.25, 0.3) is 0 Å². The summed E-state index contributed by atoms with van der Waals surface area (Å²) >= 11 is 0. The van der Waals surface area contributed by atoms with Crippen LogP contribution in [0, 0.1) is 0 Å². The number of hydrogen-bond acceptors (Lipinski definition) is 7. The molecular weight excluding hydrogens is 384 g/mol. The number of nitrogens with zero attached hydrogens (tertiary/aromatic N) is 1. The van der Waals surface area contributed by atoms with E-state index in [1.807, 2.05) is 41.6 Å². The quantitative estimate of drug-likeness (QED) is 0.654. The van der Waals surface area contributed by atoms with E-state index in [-0.39, 0.29) is 6.04 Å². The van der Waals surface area contributed by atoms with Gasteiger partial charge in [0, 0.05) is 33.3 Å². The Hall–Kier alpha value is -1.90. The average Bonchev–Trinajstić information content (AvgIpc) is 3.24. The first-order valence-electron chi connectivity index (χ1n) is 10.6. The van der Waals surface area contributed by atoms with Crippen LogP contribution < -0.4 is 5.32 Å². The van der Waals surface area contributed by atoms with Crippen LogP contribution in [-0.2, 0) is 30.4 Å². The topological polar surface area (TPSA) is 61.4 Å². The minimum atomic E-state index is -0.721. The molecule has 2 heterocycles. The number of benzene rings is 1. The molecule has 1 aliphatic carbocycles. The molecule has 4 rings (SSSR count). The number of rotatable bonds is 8. The number of hydroxylamine groups is 2. The van der Waals surface area contributed by atoms with Crippen molar-refractivity contribution in [1.82, 2.24) is 10.4 Å². The minimum Gasteiger partial charge on any atom is -0.379 e. The van der Waals surface area contributed by atoms with Gasteiger partial charge in [0.05, 0.1) is 38.2 Å². The van der Waals surface area contributed by atoms with Crippen LogP contribution in [0.5, 0.6) is 0 Å². The normalized spacial score (nSPS) is 25.9. The summed E-state index contributed by atoms with van der Waals surface area (Å²) in [6, 6.07) is 10.4. The maximum Gasteiger partial charge on any atom is 0.183 e. The molecule has 1 unspecified atom stereocenters. The molecule has 0 aromatic heterocycles. The summed E-state index contributed by atoms with van der Waals surface area (Å²) in [4.78, 5) is 6.38. The Morgan fingerprint density at radius 3 is 2.50 bits per heavy atom. The predicted molar refractivity (Wildman–Crippen MR) is 112 cm³/mol. The molecule has 7 heteroatoms. The standard InChI is InChI=1S/C23H32N2O5/c1-26-18-22(27-2)16-21(10-13-24-22)25(30-17-19-6-4-3-5-7-19)20-8-11-23(12-9-20)28-14-15-29-23/h3-7,10,13,16,20,24H,8-9,11-12,14-15,17-18H2,1-2H3. The lowest BCUT2D eigenvalue weighted by atomic mass is 9.89. The van der Waals surface area contributed by atoms with Crippen molar-refractivity contribution in [2.45, 2.75) is 49.8 Å². The molecule has 2 aliphatic heterocycles. The van der Waals surface area contributed by atoms with Crippen molar-refractivity contribution < 1.29 is 23.8 Å². The van der Waals surface area contributed by atoms with Crippen molar-refractivity contribution in [1.29, 1.82) is 0 Å². The lowest BCUT2D eigenvalue weighted by Gasteiger charge is -2.42. The number of ether oxygens (including phenoxy) is 4. The van der Waals surface area contributed by atoms with Crippen molar-refractivity contribution in [2.24, 2.45) is 0 Å². The van der Waals surface area contributed by atoms with Gasteiger partial charge in [-0.1, -0.05) is 30.3 Å². The molecule has 1 aromatic rings. The molecule has 2 fully saturated rings. The third-order valence-corrected chi connectivity index (χ3v) is 6.02. The van der Waals surface area contributed by atoms with Crippen LogP contribution in [0.2, 0.25) is 0 Å². The van der Waals surface area contributed by atoms with Gasteiger partial charge >= 0.3 is 0 Å². The molecule has 1 N–H and O–H groups in total. The van der Waals surface area contributed by atoms with Crippen molar-refractivity contribution >= 4 is 0 Å². The summed E-state index contributed by atoms with van der Waals surface area (Å²) in [5, 5.41) is 5.30. The zero-order chi connectivity index (χ0) is 20.9. The Kier molecular flexibility index (Phi) is 6.75. The maximum atomic E-state index is 6.38. The average molecular weight is 417 g/mol. The first-order chi connectivity index (χ1) is 14.7. The number of allylic oxidation sites excluding steroid dienone is 1. The van der Waals surface area contributed by atoms with E-state index in [2.05, 4.69) is 17.4 Å². The van der Waals surface area contributed by atoms with Gasteiger partial charge in [-0.2, -0.15) is 0 Å². The van der Waals surface area contributed by atoms with Gasteiger partial charge in [-0.3, -0.25) is 9.90 Å². The first-order valence-corrected chi connectivity index (χ1v) is 10.6. The summed E-state index contributed by atoms with van der Waals surface area (Å²) in [7, 11) is 3.34. The third kappa shape index (κ3) is 4.71. The van der Waals surface area contributed by atoms with Gasteiger partial charge in [0.1, 0.15) is 0 Å². The Labute approximate surface area is 178 Å². The highest BCUT2D eigenvalue weighted by atomic mass is 16.7. The van der Waals surface area contributed by atoms with Gasteiger partial charge in [0.15, 0.2) is 11.5 Å². The number of nitrogens with one attached hydrogen (secondary N) is 1. The van der Waals surface area contributed by atoms with Crippen LogP contribution in [0.4, 0.5) is 0 Å². The molecule has 0 radical (unpaired) electrons. The van der Waals surface area contributed by atoms with E-state index in [0.717, 1.165) is 36.9 Å². The number of dihydropyridines is 1. The van der Waals surface area contributed by atoms with Gasteiger partial charge in [0.25, 0.3) is 0 Å². The van der Waals surface area contributed by atoms with E-state index in [4.69, 9.17) is 23.8 Å². The molecule has 0 amide bonds. The van der Waals surface area contributed by atoms with Crippen molar-refractivity contribution in [3.8, 4) is 0 Å². The smallest absolute Gasteiger partial charge is 0.183 e. The molecule has 1 saturated carbocycles. The molecular formula is C23H32N2O5. The molecule has 1 saturated heterocycles. The van der Waals surface area contributed by atoms with Gasteiger partial charge in [-0.05, 0) is 30.6 Å². The van der Waals surface area contributed by atoms with E-state index in [1.165, 1.54) is 0 Å². The van der Waals surface area contributed by atoms with Crippen LogP contribution >= 0.6 is 0 Å². The molecule has 30 heavy (non-hydrogen) atoms. The molecule has 164 valence electrons. The highest BCUT2D eigenvalue weighted by molar-refractivity contribution is 5.26. The lowest BCUT2D eigenvalue weighted by Crippen LogP contribution is -2.50. The lowest BCUT2D eigenvalue weighted by molar-refractivity contribution is -0.217. The molecule has 0 bridgehead atoms. The van der Waals surface area contributed by atoms with Crippen LogP contribution in [0.3, 0.4) is 0 Å². The van der Waals surface area contributed by atoms with Crippen molar-refractivity contribution in [2.75, 3.05) is 34.0 Å². The Balaban J connectivity index is 1.53. The van der Waals surface area contributed by atoms with E-state index in [1.54, 1.807) is 14.2 Å². The molecule has 1 spiro atoms. The van der Waals surface area contributed by atoms with E-state index >= 15 is 0 Å². The van der Waals surface area contributed by atoms with Gasteiger partial charge < -0.3 is 24.3 Å². The summed E-state index contributed by atoms with van der Waals surface area (Å²) < 4.78 is 22.9. The van der Waals surface area contributed by atoms with Gasteiger partial charge in [-0.15, -0.1) is 0 Å². The summed E-state index contributed by atoms with van der Waals surface area (Å²) in [6.07, 6.45) is 9.54. The monoisotopic (exact) mass is 416 g/mol. The zero-order valence-corrected chi connectivity index (χ0v) is 17.8. The Morgan fingerprint density at radius 1 is 1.10 bits per heavy atom. The number of hydrogen-bond donors (Lipinski definition) is 1. The fourth-order valence-electron chi connectivity index (χ4n) is 4.38. The SMILES string of the molecule is COCC1(OC)C=C(N(OCc2ccccc2)C2CCC3(CC2)OCCO3)C=CN1. The molecule has 1 atom stereocenters. The summed E-state index contributed by atoms with van der Waals surface area (Å²) in [5.74, 6) is -0.397. The molecule has 1 aromatic carbocycles. The second-order valence-corrected chi connectivity index (χ2v) is 8.00. The van der Waals surface area contributed by atoms with Crippen LogP contribution in [0.1, 0.15) is 31.2 Å². The maximum absolute atomic E-state index is 6.38. The van der Waals surface area contributed by atoms with Crippen molar-refractivity contribution in [3.05, 3.63) is 59.9 Å². The Morgan fingerprint density at radius 2 is 1.83 bits per heavy atom. The zero-order valence-electron chi connectivity index (χ0n) is 17.8. The Bertz CT molecular complexity index is 737. The highest BCUT2D eigenvalue weighted by Gasteiger charge is 2.42. The van der Waals surface area contributed by atoms with Gasteiger partial charge in [-0.25, -0.2) is 0 Å². The second-order valence-electron chi connectivity index (χ2n) is 8.00. The largest absolute Gasteiger partial charge is 0.379 e. The van der Waals surface area contributed by atoms with Crippen LogP contribution in [0.15, 0.2) is 54.4 Å². The second kappa shape index (κ2) is 9.49. The van der Waals surface area contributed by atoms with E-state index in [9.17, 15) is 0 Å². The summed E-state index contributed by atoms with van der Waals surface area (Å²) in [5.41, 5.74) is 1.37. The van der Waals surface area contributed by atoms with Crippen molar-refractivity contribution in [3.63, 3.8) is 0 Å². The highest BCUT2D eigenvalue weighted by Crippen LogP contribution is 2.39. The fraction of sp³-hybridized carbons (Fsp3) is 0.565. The van der Waals surface area contributed by atoms with E-state index in [0.29, 0.717) is 26.4 Å². The van der Waals surface area contributed by atoms with E-state index < -0.39 is 11.5 Å². The number of methoxy groups -OCH3 is 2. The summed E-state index contributed by atoms with van der Waals surface area (Å²) in [6.45, 7) is 2.26. The molecule has 7 nitrogen and oxygen atoms in total. The molecule has 3 aliphatic rings. The van der Waals surface area contributed by atoms with Crippen LogP contribution in [-0.4, -0.2) is 56.7 Å². The van der Waals surface area contributed by atoms with Gasteiger partial charge in [0.2, 0.25) is 0 Å². The fourth-order valence-corrected chi connectivity index (χ4v) is 4.38. The third-order valence-electron chi connectivity index (χ3n) is 6.02. The first kappa shape index (κ1) is 21.3.